The Labute approximate surface area is 60.3 Å². The number of nitrogens with two attached hydrogens (primary N) is 1. The fourth-order valence-corrected chi connectivity index (χ4v) is 1.26. The Morgan fingerprint density at radius 3 is 2.40 bits per heavy atom. The molecule has 0 rings (SSSR count). The summed E-state index contributed by atoms with van der Waals surface area (Å²) >= 11 is 0. The number of sulfone groups is 1. The third-order valence-corrected chi connectivity index (χ3v) is 2.24. The van der Waals surface area contributed by atoms with E-state index in [4.69, 9.17) is 5.73 Å². The summed E-state index contributed by atoms with van der Waals surface area (Å²) in [5.74, 6) is -0.152. The van der Waals surface area contributed by atoms with Gasteiger partial charge in [-0.3, -0.25) is 0 Å². The van der Waals surface area contributed by atoms with E-state index in [2.05, 4.69) is 0 Å². The monoisotopic (exact) mass is 169 g/mol. The van der Waals surface area contributed by atoms with Crippen molar-refractivity contribution >= 4 is 9.84 Å². The maximum absolute atomic E-state index is 11.6. The smallest absolute Gasteiger partial charge is 0.190 e. The van der Waals surface area contributed by atoms with Crippen molar-refractivity contribution < 1.29 is 12.8 Å². The molecule has 10 heavy (non-hydrogen) atoms. The molecule has 0 amide bonds. The number of hydrogen-bond donors (Lipinski definition) is 1. The lowest BCUT2D eigenvalue weighted by Crippen LogP contribution is -2.20. The summed E-state index contributed by atoms with van der Waals surface area (Å²) < 4.78 is 32.5. The predicted octanol–water partition coefficient (Wildman–Crippen LogP) is 0.0655. The second-order valence-corrected chi connectivity index (χ2v) is 4.44. The molecule has 0 aliphatic carbocycles. The van der Waals surface area contributed by atoms with E-state index in [-0.39, 0.29) is 11.8 Å². The summed E-state index contributed by atoms with van der Waals surface area (Å²) in [5.41, 5.74) is 5.27. The van der Waals surface area contributed by atoms with E-state index in [0.29, 0.717) is 6.42 Å². The Balaban J connectivity index is 3.70. The highest BCUT2D eigenvalue weighted by Crippen LogP contribution is 1.96. The van der Waals surface area contributed by atoms with Gasteiger partial charge in [0.25, 0.3) is 0 Å². The lowest BCUT2D eigenvalue weighted by molar-refractivity contribution is 0.530. The zero-order valence-electron chi connectivity index (χ0n) is 5.88. The second kappa shape index (κ2) is 3.88. The van der Waals surface area contributed by atoms with Crippen molar-refractivity contribution in [3.63, 3.8) is 0 Å². The average Bonchev–Trinajstić information content (AvgIpc) is 1.85. The minimum absolute atomic E-state index is 0.152. The highest BCUT2D eigenvalue weighted by Gasteiger charge is 2.09. The first-order valence-electron chi connectivity index (χ1n) is 3.00. The van der Waals surface area contributed by atoms with E-state index < -0.39 is 15.8 Å². The molecule has 0 fully saturated rings. The van der Waals surface area contributed by atoms with Gasteiger partial charge in [-0.25, -0.2) is 12.8 Å². The van der Waals surface area contributed by atoms with Crippen molar-refractivity contribution in [3.8, 4) is 0 Å². The Morgan fingerprint density at radius 2 is 2.10 bits per heavy atom. The Hall–Kier alpha value is -0.160. The average molecular weight is 169 g/mol. The molecule has 0 aliphatic heterocycles. The van der Waals surface area contributed by atoms with Crippen LogP contribution in [0.5, 0.6) is 0 Å². The molecule has 5 heteroatoms. The van der Waals surface area contributed by atoms with Crippen LogP contribution in [0.15, 0.2) is 0 Å². The molecule has 0 aliphatic rings. The number of alkyl halides is 1. The van der Waals surface area contributed by atoms with Gasteiger partial charge in [-0.1, -0.05) is 0 Å². The first-order valence-corrected chi connectivity index (χ1v) is 4.82. The topological polar surface area (TPSA) is 60.2 Å². The molecular formula is C5H12FNO2S. The van der Waals surface area contributed by atoms with Crippen LogP contribution in [0.2, 0.25) is 0 Å². The molecule has 2 N–H and O–H groups in total. The number of rotatable bonds is 4. The minimum atomic E-state index is -3.46. The first kappa shape index (κ1) is 9.84. The zero-order chi connectivity index (χ0) is 8.20. The third kappa shape index (κ3) is 4.69. The van der Waals surface area contributed by atoms with Gasteiger partial charge in [0.2, 0.25) is 0 Å². The normalized spacial score (nSPS) is 15.1. The number of hydrogen-bond acceptors (Lipinski definition) is 3. The SMILES string of the molecule is CC(N)CCS(=O)(=O)CF. The Morgan fingerprint density at radius 1 is 1.60 bits per heavy atom. The van der Waals surface area contributed by atoms with E-state index in [1.54, 1.807) is 6.92 Å². The van der Waals surface area contributed by atoms with Gasteiger partial charge in [-0.15, -0.1) is 0 Å². The van der Waals surface area contributed by atoms with Crippen LogP contribution in [0.25, 0.3) is 0 Å². The molecule has 0 bridgehead atoms. The molecule has 0 saturated heterocycles. The van der Waals surface area contributed by atoms with Crippen LogP contribution in [0.4, 0.5) is 4.39 Å². The molecule has 0 aromatic rings. The fourth-order valence-electron chi connectivity index (χ4n) is 0.420. The molecule has 0 saturated carbocycles. The second-order valence-electron chi connectivity index (χ2n) is 2.32. The summed E-state index contributed by atoms with van der Waals surface area (Å²) in [4.78, 5) is 0. The van der Waals surface area contributed by atoms with E-state index in [9.17, 15) is 12.8 Å². The third-order valence-electron chi connectivity index (χ3n) is 1.05. The molecule has 62 valence electrons. The van der Waals surface area contributed by atoms with Gasteiger partial charge in [0, 0.05) is 6.04 Å². The van der Waals surface area contributed by atoms with Crippen molar-refractivity contribution in [2.24, 2.45) is 5.73 Å². The lowest BCUT2D eigenvalue weighted by Gasteiger charge is -2.02. The van der Waals surface area contributed by atoms with E-state index in [0.717, 1.165) is 0 Å². The molecule has 0 aromatic heterocycles. The largest absolute Gasteiger partial charge is 0.328 e. The zero-order valence-corrected chi connectivity index (χ0v) is 6.70. The first-order chi connectivity index (χ1) is 4.48. The van der Waals surface area contributed by atoms with Crippen LogP contribution in [-0.4, -0.2) is 26.2 Å². The quantitative estimate of drug-likeness (QED) is 0.647. The van der Waals surface area contributed by atoms with Crippen molar-refractivity contribution in [3.05, 3.63) is 0 Å². The number of halogens is 1. The van der Waals surface area contributed by atoms with Crippen LogP contribution in [0.3, 0.4) is 0 Å². The van der Waals surface area contributed by atoms with E-state index in [1.807, 2.05) is 0 Å². The molecule has 3 nitrogen and oxygen atoms in total. The van der Waals surface area contributed by atoms with Crippen LogP contribution in [0.1, 0.15) is 13.3 Å². The van der Waals surface area contributed by atoms with E-state index >= 15 is 0 Å². The summed E-state index contributed by atoms with van der Waals surface area (Å²) in [6.07, 6.45) is 0.326. The Bertz CT molecular complexity index is 176. The summed E-state index contributed by atoms with van der Waals surface area (Å²) in [6.45, 7) is 1.69. The molecule has 0 radical (unpaired) electrons. The molecule has 0 spiro atoms. The van der Waals surface area contributed by atoms with E-state index in [1.165, 1.54) is 0 Å². The van der Waals surface area contributed by atoms with Gasteiger partial charge >= 0.3 is 0 Å². The predicted molar refractivity (Wildman–Crippen MR) is 38.0 cm³/mol. The van der Waals surface area contributed by atoms with Crippen LogP contribution in [0, 0.1) is 0 Å². The maximum atomic E-state index is 11.6. The van der Waals surface area contributed by atoms with Crippen LogP contribution in [-0.2, 0) is 9.84 Å². The van der Waals surface area contributed by atoms with Gasteiger partial charge in [0.15, 0.2) is 15.8 Å². The standard InChI is InChI=1S/C5H12FNO2S/c1-5(7)2-3-10(8,9)4-6/h5H,2-4,7H2,1H3. The van der Waals surface area contributed by atoms with Gasteiger partial charge in [0.1, 0.15) is 0 Å². The maximum Gasteiger partial charge on any atom is 0.190 e. The molecule has 1 unspecified atom stereocenters. The van der Waals surface area contributed by atoms with Crippen molar-refractivity contribution in [1.29, 1.82) is 0 Å². The Kier molecular flexibility index (Phi) is 3.81. The minimum Gasteiger partial charge on any atom is -0.328 e. The molecule has 1 atom stereocenters. The fraction of sp³-hybridized carbons (Fsp3) is 1.00. The van der Waals surface area contributed by atoms with Crippen molar-refractivity contribution in [2.75, 3.05) is 11.8 Å². The highest BCUT2D eigenvalue weighted by atomic mass is 32.2. The highest BCUT2D eigenvalue weighted by molar-refractivity contribution is 7.91. The van der Waals surface area contributed by atoms with Gasteiger partial charge < -0.3 is 5.73 Å². The van der Waals surface area contributed by atoms with Crippen LogP contribution >= 0.6 is 0 Å². The summed E-state index contributed by atoms with van der Waals surface area (Å²) in [6, 6.07) is -1.46. The molecule has 0 aromatic carbocycles. The van der Waals surface area contributed by atoms with Gasteiger partial charge in [-0.2, -0.15) is 0 Å². The van der Waals surface area contributed by atoms with Crippen LogP contribution < -0.4 is 5.73 Å². The van der Waals surface area contributed by atoms with Gasteiger partial charge in [0.05, 0.1) is 5.75 Å². The molecular weight excluding hydrogens is 157 g/mol. The summed E-state index contributed by atoms with van der Waals surface area (Å²) in [7, 11) is -3.46. The van der Waals surface area contributed by atoms with Gasteiger partial charge in [-0.05, 0) is 13.3 Å². The summed E-state index contributed by atoms with van der Waals surface area (Å²) in [5, 5.41) is 0. The molecule has 0 heterocycles. The van der Waals surface area contributed by atoms with Crippen molar-refractivity contribution in [2.45, 2.75) is 19.4 Å². The van der Waals surface area contributed by atoms with Crippen molar-refractivity contribution in [1.82, 2.24) is 0 Å². The lowest BCUT2D eigenvalue weighted by atomic mass is 10.3.